The number of benzene rings is 2. The number of hydrogen-bond donors (Lipinski definition) is 0. The Hall–Kier alpha value is -2.09. The van der Waals surface area contributed by atoms with Gasteiger partial charge >= 0.3 is 0 Å². The van der Waals surface area contributed by atoms with Crippen molar-refractivity contribution in [2.45, 2.75) is 11.8 Å². The first kappa shape index (κ1) is 12.4. The predicted octanol–water partition coefficient (Wildman–Crippen LogP) is 4.10. The second-order valence-electron chi connectivity index (χ2n) is 3.76. The van der Waals surface area contributed by atoms with Crippen molar-refractivity contribution in [1.82, 2.24) is 0 Å². The van der Waals surface area contributed by atoms with Gasteiger partial charge in [-0.05, 0) is 60.0 Å². The molecule has 0 saturated carbocycles. The maximum atomic E-state index is 3.02. The van der Waals surface area contributed by atoms with E-state index in [1.165, 1.54) is 17.3 Å². The molecule has 18 heavy (non-hydrogen) atoms. The Kier molecular flexibility index (Phi) is 4.53. The summed E-state index contributed by atoms with van der Waals surface area (Å²) < 4.78 is 0. The van der Waals surface area contributed by atoms with E-state index in [2.05, 4.69) is 42.1 Å². The van der Waals surface area contributed by atoms with E-state index in [4.69, 9.17) is 0 Å². The molecule has 0 aliphatic heterocycles. The molecule has 0 aliphatic rings. The minimum absolute atomic E-state index is 1.000. The lowest BCUT2D eigenvalue weighted by atomic mass is 10.2. The molecule has 0 amide bonds. The van der Waals surface area contributed by atoms with Crippen LogP contribution in [0.4, 0.5) is 0 Å². The van der Waals surface area contributed by atoms with Gasteiger partial charge in [-0.2, -0.15) is 0 Å². The first-order valence-electron chi connectivity index (χ1n) is 5.64. The molecule has 0 bridgehead atoms. The highest BCUT2D eigenvalue weighted by molar-refractivity contribution is 8.03. The van der Waals surface area contributed by atoms with E-state index in [0.29, 0.717) is 0 Å². The van der Waals surface area contributed by atoms with E-state index in [1.54, 1.807) is 0 Å². The van der Waals surface area contributed by atoms with Crippen LogP contribution in [0.1, 0.15) is 11.1 Å². The molecule has 2 aromatic rings. The molecule has 2 aromatic carbocycles. The lowest BCUT2D eigenvalue weighted by Gasteiger charge is -1.90. The summed E-state index contributed by atoms with van der Waals surface area (Å²) in [6, 6.07) is 18.2. The van der Waals surface area contributed by atoms with Crippen molar-refractivity contribution < 1.29 is 0 Å². The van der Waals surface area contributed by atoms with Crippen LogP contribution in [-0.2, 0) is 0 Å². The van der Waals surface area contributed by atoms with Crippen LogP contribution < -0.4 is 0 Å². The first-order chi connectivity index (χ1) is 8.84. The van der Waals surface area contributed by atoms with Crippen LogP contribution >= 0.6 is 11.8 Å². The maximum Gasteiger partial charge on any atom is 0.0255 e. The quantitative estimate of drug-likeness (QED) is 0.541. The van der Waals surface area contributed by atoms with Crippen molar-refractivity contribution >= 4 is 11.8 Å². The molecular weight excluding hydrogens is 236 g/mol. The van der Waals surface area contributed by atoms with Gasteiger partial charge in [0.05, 0.1) is 0 Å². The third-order valence-electron chi connectivity index (χ3n) is 2.28. The van der Waals surface area contributed by atoms with Gasteiger partial charge in [0, 0.05) is 10.5 Å². The number of hydrogen-bond acceptors (Lipinski definition) is 1. The van der Waals surface area contributed by atoms with Gasteiger partial charge in [0.1, 0.15) is 0 Å². The van der Waals surface area contributed by atoms with E-state index in [0.717, 1.165) is 10.5 Å². The van der Waals surface area contributed by atoms with Crippen LogP contribution in [0.3, 0.4) is 0 Å². The van der Waals surface area contributed by atoms with Crippen LogP contribution in [0.25, 0.3) is 0 Å². The summed E-state index contributed by atoms with van der Waals surface area (Å²) in [5.74, 6) is 8.73. The van der Waals surface area contributed by atoms with Crippen LogP contribution in [-0.4, -0.2) is 0 Å². The van der Waals surface area contributed by atoms with Crippen LogP contribution in [0.2, 0.25) is 0 Å². The average Bonchev–Trinajstić information content (AvgIpc) is 2.42. The molecule has 0 fully saturated rings. The monoisotopic (exact) mass is 248 g/mol. The summed E-state index contributed by atoms with van der Waals surface area (Å²) >= 11 is 1.49. The Morgan fingerprint density at radius 3 is 2.28 bits per heavy atom. The molecule has 0 heterocycles. The third-order valence-corrected chi connectivity index (χ3v) is 3.00. The summed E-state index contributed by atoms with van der Waals surface area (Å²) in [5.41, 5.74) is 2.24. The van der Waals surface area contributed by atoms with Crippen LogP contribution in [0.15, 0.2) is 59.5 Å². The van der Waals surface area contributed by atoms with Crippen molar-refractivity contribution in [1.29, 1.82) is 0 Å². The lowest BCUT2D eigenvalue weighted by molar-refractivity contribution is 1.46. The Morgan fingerprint density at radius 1 is 0.833 bits per heavy atom. The van der Waals surface area contributed by atoms with Gasteiger partial charge in [-0.25, -0.2) is 0 Å². The molecule has 0 atom stereocenters. The Bertz CT molecular complexity index is 617. The normalized spacial score (nSPS) is 8.72. The second kappa shape index (κ2) is 6.60. The Balaban J connectivity index is 1.95. The highest BCUT2D eigenvalue weighted by Gasteiger charge is 1.86. The van der Waals surface area contributed by atoms with Crippen molar-refractivity contribution in [3.63, 3.8) is 0 Å². The van der Waals surface area contributed by atoms with Crippen molar-refractivity contribution in [2.75, 3.05) is 0 Å². The summed E-state index contributed by atoms with van der Waals surface area (Å²) in [6.45, 7) is 2.06. The molecule has 86 valence electrons. The highest BCUT2D eigenvalue weighted by atomic mass is 32.2. The van der Waals surface area contributed by atoms with E-state index in [9.17, 15) is 0 Å². The van der Waals surface area contributed by atoms with E-state index < -0.39 is 0 Å². The van der Waals surface area contributed by atoms with E-state index in [-0.39, 0.29) is 0 Å². The zero-order valence-electron chi connectivity index (χ0n) is 10.1. The number of thioether (sulfide) groups is 1. The molecule has 0 aliphatic carbocycles. The fraction of sp³-hybridized carbons (Fsp3) is 0.0588. The first-order valence-corrected chi connectivity index (χ1v) is 6.46. The number of rotatable bonds is 1. The molecule has 0 N–H and O–H groups in total. The zero-order chi connectivity index (χ0) is 12.6. The van der Waals surface area contributed by atoms with Gasteiger partial charge in [0.25, 0.3) is 0 Å². The zero-order valence-corrected chi connectivity index (χ0v) is 10.9. The highest BCUT2D eigenvalue weighted by Crippen LogP contribution is 2.14. The van der Waals surface area contributed by atoms with Crippen molar-refractivity contribution in [3.8, 4) is 23.0 Å². The molecule has 0 spiro atoms. The molecule has 0 saturated heterocycles. The van der Waals surface area contributed by atoms with Gasteiger partial charge < -0.3 is 0 Å². The molecule has 0 unspecified atom stereocenters. The van der Waals surface area contributed by atoms with Gasteiger partial charge in [0.2, 0.25) is 0 Å². The predicted molar refractivity (Wildman–Crippen MR) is 78.1 cm³/mol. The second-order valence-corrected chi connectivity index (χ2v) is 4.64. The summed E-state index contributed by atoms with van der Waals surface area (Å²) in [7, 11) is 0. The largest absolute Gasteiger partial charge is 0.0622 e. The minimum atomic E-state index is 1.000. The fourth-order valence-corrected chi connectivity index (χ4v) is 1.85. The summed E-state index contributed by atoms with van der Waals surface area (Å²) in [4.78, 5) is 1.14. The molecule has 2 rings (SSSR count). The minimum Gasteiger partial charge on any atom is -0.0622 e. The summed E-state index contributed by atoms with van der Waals surface area (Å²) in [5, 5.41) is 2.98. The number of aryl methyl sites for hydroxylation is 1. The average molecular weight is 248 g/mol. The van der Waals surface area contributed by atoms with Crippen molar-refractivity contribution in [3.05, 3.63) is 65.7 Å². The Morgan fingerprint density at radius 2 is 1.56 bits per heavy atom. The maximum absolute atomic E-state index is 3.02. The molecule has 1 heteroatoms. The van der Waals surface area contributed by atoms with Crippen LogP contribution in [0.5, 0.6) is 0 Å². The summed E-state index contributed by atoms with van der Waals surface area (Å²) in [6.07, 6.45) is 0. The standard InChI is InChI=1S/C17H12S/c1-15-10-12-16(13-11-15)7-5-6-14-18-17-8-3-2-4-9-17/h2-4,8-13H,1H3. The lowest BCUT2D eigenvalue weighted by Crippen LogP contribution is -1.74. The molecule has 0 aromatic heterocycles. The van der Waals surface area contributed by atoms with Crippen molar-refractivity contribution in [2.24, 2.45) is 0 Å². The van der Waals surface area contributed by atoms with Gasteiger partial charge in [0.15, 0.2) is 0 Å². The molecule has 0 nitrogen and oxygen atoms in total. The van der Waals surface area contributed by atoms with E-state index in [1.807, 2.05) is 42.5 Å². The van der Waals surface area contributed by atoms with Crippen LogP contribution in [0, 0.1) is 29.9 Å². The van der Waals surface area contributed by atoms with Gasteiger partial charge in [-0.15, -0.1) is 0 Å². The van der Waals surface area contributed by atoms with Gasteiger partial charge in [-0.1, -0.05) is 41.8 Å². The third kappa shape index (κ3) is 4.06. The van der Waals surface area contributed by atoms with Gasteiger partial charge in [-0.3, -0.25) is 0 Å². The SMILES string of the molecule is Cc1ccc(C#CC#CSc2ccccc2)cc1. The topological polar surface area (TPSA) is 0 Å². The molecular formula is C17H12S. The Labute approximate surface area is 112 Å². The fourth-order valence-electron chi connectivity index (χ4n) is 1.34. The van der Waals surface area contributed by atoms with E-state index >= 15 is 0 Å². The smallest absolute Gasteiger partial charge is 0.0255 e. The molecule has 0 radical (unpaired) electrons.